The summed E-state index contributed by atoms with van der Waals surface area (Å²) < 4.78 is 11.2. The van der Waals surface area contributed by atoms with Gasteiger partial charge in [-0.25, -0.2) is 4.98 Å². The zero-order valence-electron chi connectivity index (χ0n) is 8.67. The average Bonchev–Trinajstić information content (AvgIpc) is 2.73. The third-order valence-corrected chi connectivity index (χ3v) is 2.75. The largest absolute Gasteiger partial charge is 0.441 e. The second-order valence-electron chi connectivity index (χ2n) is 3.91. The van der Waals surface area contributed by atoms with E-state index in [-0.39, 0.29) is 5.60 Å². The molecule has 0 aliphatic carbocycles. The zero-order valence-corrected chi connectivity index (χ0v) is 8.67. The van der Waals surface area contributed by atoms with E-state index in [0.29, 0.717) is 12.4 Å². The Balaban J connectivity index is 2.31. The lowest BCUT2D eigenvalue weighted by atomic mass is 10.0. The molecule has 2 rings (SSSR count). The van der Waals surface area contributed by atoms with Crippen molar-refractivity contribution < 1.29 is 9.15 Å². The molecule has 14 heavy (non-hydrogen) atoms. The van der Waals surface area contributed by atoms with Crippen LogP contribution in [0.4, 0.5) is 0 Å². The highest BCUT2D eigenvalue weighted by Crippen LogP contribution is 2.35. The molecule has 0 amide bonds. The quantitative estimate of drug-likeness (QED) is 0.778. The van der Waals surface area contributed by atoms with Gasteiger partial charge in [0.1, 0.15) is 11.4 Å². The van der Waals surface area contributed by atoms with Crippen LogP contribution in [0.15, 0.2) is 4.42 Å². The van der Waals surface area contributed by atoms with Gasteiger partial charge < -0.3 is 14.9 Å². The molecular formula is C10H16N2O2. The topological polar surface area (TPSA) is 61.3 Å². The van der Waals surface area contributed by atoms with E-state index in [1.807, 2.05) is 13.8 Å². The summed E-state index contributed by atoms with van der Waals surface area (Å²) in [4.78, 5) is 4.36. The first-order valence-electron chi connectivity index (χ1n) is 4.96. The summed E-state index contributed by atoms with van der Waals surface area (Å²) in [5.41, 5.74) is 6.07. The van der Waals surface area contributed by atoms with Crippen molar-refractivity contribution in [3.63, 3.8) is 0 Å². The summed E-state index contributed by atoms with van der Waals surface area (Å²) in [5, 5.41) is 0. The SMILES string of the molecule is Cc1nc(C2(C)CCCO2)oc1CN. The molecule has 4 nitrogen and oxygen atoms in total. The Morgan fingerprint density at radius 1 is 1.57 bits per heavy atom. The molecule has 0 spiro atoms. The summed E-state index contributed by atoms with van der Waals surface area (Å²) in [5.74, 6) is 1.43. The number of ether oxygens (including phenoxy) is 1. The highest BCUT2D eigenvalue weighted by Gasteiger charge is 2.37. The highest BCUT2D eigenvalue weighted by atomic mass is 16.5. The molecule has 1 aromatic rings. The van der Waals surface area contributed by atoms with Crippen LogP contribution in [0.3, 0.4) is 0 Å². The van der Waals surface area contributed by atoms with Crippen LogP contribution in [-0.4, -0.2) is 11.6 Å². The van der Waals surface area contributed by atoms with Crippen molar-refractivity contribution in [3.05, 3.63) is 17.3 Å². The van der Waals surface area contributed by atoms with Crippen LogP contribution < -0.4 is 5.73 Å². The van der Waals surface area contributed by atoms with Gasteiger partial charge in [-0.2, -0.15) is 0 Å². The molecule has 0 aromatic carbocycles. The fourth-order valence-corrected chi connectivity index (χ4v) is 1.79. The maximum absolute atomic E-state index is 5.64. The summed E-state index contributed by atoms with van der Waals surface area (Å²) in [6, 6.07) is 0. The lowest BCUT2D eigenvalue weighted by molar-refractivity contribution is -0.00603. The number of rotatable bonds is 2. The molecule has 1 aromatic heterocycles. The van der Waals surface area contributed by atoms with Crippen LogP contribution in [0.5, 0.6) is 0 Å². The number of nitrogens with two attached hydrogens (primary N) is 1. The van der Waals surface area contributed by atoms with Gasteiger partial charge >= 0.3 is 0 Å². The van der Waals surface area contributed by atoms with E-state index < -0.39 is 0 Å². The normalized spacial score (nSPS) is 27.1. The maximum atomic E-state index is 5.64. The molecule has 1 fully saturated rings. The van der Waals surface area contributed by atoms with E-state index in [9.17, 15) is 0 Å². The van der Waals surface area contributed by atoms with E-state index in [2.05, 4.69) is 4.98 Å². The Morgan fingerprint density at radius 2 is 2.36 bits per heavy atom. The third kappa shape index (κ3) is 1.44. The number of aromatic nitrogens is 1. The Morgan fingerprint density at radius 3 is 2.86 bits per heavy atom. The fourth-order valence-electron chi connectivity index (χ4n) is 1.79. The second kappa shape index (κ2) is 3.37. The van der Waals surface area contributed by atoms with Crippen LogP contribution >= 0.6 is 0 Å². The van der Waals surface area contributed by atoms with Crippen molar-refractivity contribution in [1.82, 2.24) is 4.98 Å². The van der Waals surface area contributed by atoms with Gasteiger partial charge in [0.15, 0.2) is 0 Å². The fraction of sp³-hybridized carbons (Fsp3) is 0.700. The van der Waals surface area contributed by atoms with Crippen molar-refractivity contribution >= 4 is 0 Å². The first kappa shape index (κ1) is 9.68. The van der Waals surface area contributed by atoms with Crippen molar-refractivity contribution in [2.24, 2.45) is 5.73 Å². The van der Waals surface area contributed by atoms with E-state index in [0.717, 1.165) is 30.9 Å². The summed E-state index contributed by atoms with van der Waals surface area (Å²) >= 11 is 0. The molecule has 4 heteroatoms. The molecule has 0 saturated carbocycles. The van der Waals surface area contributed by atoms with Crippen LogP contribution in [0.1, 0.15) is 37.1 Å². The van der Waals surface area contributed by atoms with Crippen LogP contribution in [0, 0.1) is 6.92 Å². The smallest absolute Gasteiger partial charge is 0.226 e. The Kier molecular flexibility index (Phi) is 2.33. The minimum atomic E-state index is -0.335. The van der Waals surface area contributed by atoms with Crippen LogP contribution in [0.25, 0.3) is 0 Å². The molecule has 0 bridgehead atoms. The number of nitrogens with zero attached hydrogens (tertiary/aromatic N) is 1. The predicted molar refractivity (Wildman–Crippen MR) is 51.7 cm³/mol. The van der Waals surface area contributed by atoms with E-state index in [1.165, 1.54) is 0 Å². The standard InChI is InChI=1S/C10H16N2O2/c1-7-8(6-11)14-9(12-7)10(2)4-3-5-13-10/h3-6,11H2,1-2H3. The molecule has 1 aliphatic rings. The molecule has 1 unspecified atom stereocenters. The van der Waals surface area contributed by atoms with Gasteiger partial charge in [-0.3, -0.25) is 0 Å². The molecule has 2 N–H and O–H groups in total. The van der Waals surface area contributed by atoms with Crippen LogP contribution in [0.2, 0.25) is 0 Å². The zero-order chi connectivity index (χ0) is 10.2. The van der Waals surface area contributed by atoms with Crippen molar-refractivity contribution in [2.75, 3.05) is 6.61 Å². The Labute approximate surface area is 83.4 Å². The monoisotopic (exact) mass is 196 g/mol. The number of aryl methyl sites for hydroxylation is 1. The van der Waals surface area contributed by atoms with Gasteiger partial charge in [-0.1, -0.05) is 0 Å². The van der Waals surface area contributed by atoms with E-state index >= 15 is 0 Å². The number of hydrogen-bond acceptors (Lipinski definition) is 4. The predicted octanol–water partition coefficient (Wildman–Crippen LogP) is 1.47. The molecule has 1 aliphatic heterocycles. The maximum Gasteiger partial charge on any atom is 0.226 e. The van der Waals surface area contributed by atoms with Gasteiger partial charge in [0.05, 0.1) is 12.2 Å². The Hall–Kier alpha value is -0.870. The molecule has 0 radical (unpaired) electrons. The van der Waals surface area contributed by atoms with Gasteiger partial charge in [0, 0.05) is 6.61 Å². The molecule has 78 valence electrons. The number of oxazole rings is 1. The second-order valence-corrected chi connectivity index (χ2v) is 3.91. The first-order chi connectivity index (χ1) is 6.65. The van der Waals surface area contributed by atoms with E-state index in [4.69, 9.17) is 14.9 Å². The van der Waals surface area contributed by atoms with Gasteiger partial charge in [0.25, 0.3) is 0 Å². The summed E-state index contributed by atoms with van der Waals surface area (Å²) in [6.07, 6.45) is 2.03. The number of hydrogen-bond donors (Lipinski definition) is 1. The molecule has 2 heterocycles. The van der Waals surface area contributed by atoms with Gasteiger partial charge in [-0.15, -0.1) is 0 Å². The van der Waals surface area contributed by atoms with E-state index in [1.54, 1.807) is 0 Å². The molecule has 1 saturated heterocycles. The van der Waals surface area contributed by atoms with Gasteiger partial charge in [-0.05, 0) is 26.7 Å². The Bertz CT molecular complexity index is 327. The first-order valence-corrected chi connectivity index (χ1v) is 4.96. The van der Waals surface area contributed by atoms with Gasteiger partial charge in [0.2, 0.25) is 5.89 Å². The lowest BCUT2D eigenvalue weighted by Crippen LogP contribution is -2.20. The summed E-state index contributed by atoms with van der Waals surface area (Å²) in [6.45, 7) is 5.11. The minimum Gasteiger partial charge on any atom is -0.441 e. The minimum absolute atomic E-state index is 0.335. The summed E-state index contributed by atoms with van der Waals surface area (Å²) in [7, 11) is 0. The van der Waals surface area contributed by atoms with Crippen molar-refractivity contribution in [1.29, 1.82) is 0 Å². The average molecular weight is 196 g/mol. The molecule has 1 atom stereocenters. The third-order valence-electron chi connectivity index (χ3n) is 2.75. The van der Waals surface area contributed by atoms with Crippen molar-refractivity contribution in [2.45, 2.75) is 38.8 Å². The highest BCUT2D eigenvalue weighted by molar-refractivity contribution is 5.11. The van der Waals surface area contributed by atoms with Crippen LogP contribution in [-0.2, 0) is 16.9 Å². The molecular weight excluding hydrogens is 180 g/mol. The lowest BCUT2D eigenvalue weighted by Gasteiger charge is -2.18. The van der Waals surface area contributed by atoms with Crippen molar-refractivity contribution in [3.8, 4) is 0 Å².